The lowest BCUT2D eigenvalue weighted by Gasteiger charge is -2.30. The molecule has 0 aliphatic heterocycles. The lowest BCUT2D eigenvalue weighted by molar-refractivity contribution is 0.211. The van der Waals surface area contributed by atoms with Gasteiger partial charge in [-0.15, -0.1) is 0 Å². The second-order valence-corrected chi connectivity index (χ2v) is 5.94. The minimum atomic E-state index is 0.629. The maximum absolute atomic E-state index is 2.48. The molecule has 3 atom stereocenters. The molecule has 0 nitrogen and oxygen atoms in total. The van der Waals surface area contributed by atoms with E-state index in [2.05, 4.69) is 34.6 Å². The summed E-state index contributed by atoms with van der Waals surface area (Å²) < 4.78 is 0. The fourth-order valence-electron chi connectivity index (χ4n) is 2.67. The molecule has 13 heavy (non-hydrogen) atoms. The smallest absolute Gasteiger partial charge is 0.0323 e. The average Bonchev–Trinajstić information content (AvgIpc) is 2.64. The summed E-state index contributed by atoms with van der Waals surface area (Å²) in [4.78, 5) is 0. The Balaban J connectivity index is 2.38. The zero-order chi connectivity index (χ0) is 10.1. The molecule has 0 spiro atoms. The van der Waals surface area contributed by atoms with Crippen molar-refractivity contribution in [1.29, 1.82) is 0 Å². The van der Waals surface area contributed by atoms with Gasteiger partial charge in [0.1, 0.15) is 0 Å². The molecule has 0 saturated heterocycles. The highest BCUT2D eigenvalue weighted by molar-refractivity contribution is 4.88. The molecule has 0 N–H and O–H groups in total. The standard InChI is InChI=1S/C13H26/c1-6-13(5,8-10(2)3)9-12-7-11(12)4/h10-12H,6-9H2,1-5H3. The Hall–Kier alpha value is 0. The zero-order valence-corrected chi connectivity index (χ0v) is 10.1. The highest BCUT2D eigenvalue weighted by Crippen LogP contribution is 2.48. The largest absolute Gasteiger partial charge is 0.0649 e. The van der Waals surface area contributed by atoms with Crippen molar-refractivity contribution in [3.05, 3.63) is 0 Å². The summed E-state index contributed by atoms with van der Waals surface area (Å²) in [6.07, 6.45) is 5.73. The van der Waals surface area contributed by atoms with E-state index in [9.17, 15) is 0 Å². The summed E-state index contributed by atoms with van der Waals surface area (Å²) in [6.45, 7) is 11.9. The summed E-state index contributed by atoms with van der Waals surface area (Å²) >= 11 is 0. The van der Waals surface area contributed by atoms with E-state index in [1.807, 2.05) is 0 Å². The van der Waals surface area contributed by atoms with Crippen LogP contribution in [0.25, 0.3) is 0 Å². The van der Waals surface area contributed by atoms with Crippen LogP contribution in [0, 0.1) is 23.2 Å². The highest BCUT2D eigenvalue weighted by Gasteiger charge is 2.38. The molecule has 0 heteroatoms. The van der Waals surface area contributed by atoms with Crippen LogP contribution in [0.2, 0.25) is 0 Å². The first-order valence-electron chi connectivity index (χ1n) is 5.97. The molecule has 0 aromatic carbocycles. The van der Waals surface area contributed by atoms with Gasteiger partial charge in [0, 0.05) is 0 Å². The van der Waals surface area contributed by atoms with E-state index >= 15 is 0 Å². The van der Waals surface area contributed by atoms with Crippen molar-refractivity contribution in [3.63, 3.8) is 0 Å². The summed E-state index contributed by atoms with van der Waals surface area (Å²) in [5.74, 6) is 2.95. The number of hydrogen-bond acceptors (Lipinski definition) is 0. The average molecular weight is 182 g/mol. The Labute approximate surface area is 84.1 Å². The first kappa shape index (κ1) is 11.1. The van der Waals surface area contributed by atoms with Crippen molar-refractivity contribution >= 4 is 0 Å². The zero-order valence-electron chi connectivity index (χ0n) is 10.1. The Morgan fingerprint density at radius 1 is 1.38 bits per heavy atom. The summed E-state index contributed by atoms with van der Waals surface area (Å²) in [5.41, 5.74) is 0.629. The van der Waals surface area contributed by atoms with Crippen molar-refractivity contribution in [2.75, 3.05) is 0 Å². The van der Waals surface area contributed by atoms with Gasteiger partial charge < -0.3 is 0 Å². The van der Waals surface area contributed by atoms with Gasteiger partial charge in [-0.3, -0.25) is 0 Å². The van der Waals surface area contributed by atoms with Crippen LogP contribution in [-0.2, 0) is 0 Å². The molecule has 0 aromatic heterocycles. The molecule has 1 fully saturated rings. The third-order valence-electron chi connectivity index (χ3n) is 3.79. The first-order valence-corrected chi connectivity index (χ1v) is 5.97. The van der Waals surface area contributed by atoms with E-state index in [-0.39, 0.29) is 0 Å². The molecular weight excluding hydrogens is 156 g/mol. The SMILES string of the molecule is CCC(C)(CC(C)C)CC1CC1C. The monoisotopic (exact) mass is 182 g/mol. The minimum Gasteiger partial charge on any atom is -0.0649 e. The van der Waals surface area contributed by atoms with Crippen LogP contribution < -0.4 is 0 Å². The fourth-order valence-corrected chi connectivity index (χ4v) is 2.67. The summed E-state index contributed by atoms with van der Waals surface area (Å²) in [5, 5.41) is 0. The molecule has 0 amide bonds. The Morgan fingerprint density at radius 2 is 1.92 bits per heavy atom. The third kappa shape index (κ3) is 3.32. The van der Waals surface area contributed by atoms with Gasteiger partial charge in [0.25, 0.3) is 0 Å². The van der Waals surface area contributed by atoms with E-state index in [4.69, 9.17) is 0 Å². The molecule has 1 saturated carbocycles. The van der Waals surface area contributed by atoms with E-state index in [1.165, 1.54) is 25.7 Å². The number of rotatable bonds is 5. The van der Waals surface area contributed by atoms with Gasteiger partial charge >= 0.3 is 0 Å². The molecule has 1 aliphatic carbocycles. The predicted molar refractivity (Wildman–Crippen MR) is 59.7 cm³/mol. The fraction of sp³-hybridized carbons (Fsp3) is 1.00. The maximum atomic E-state index is 2.48. The van der Waals surface area contributed by atoms with Crippen molar-refractivity contribution in [1.82, 2.24) is 0 Å². The quantitative estimate of drug-likeness (QED) is 0.587. The third-order valence-corrected chi connectivity index (χ3v) is 3.79. The van der Waals surface area contributed by atoms with Gasteiger partial charge in [0.2, 0.25) is 0 Å². The van der Waals surface area contributed by atoms with Crippen molar-refractivity contribution in [2.45, 2.75) is 60.3 Å². The van der Waals surface area contributed by atoms with Crippen LogP contribution in [0.5, 0.6) is 0 Å². The van der Waals surface area contributed by atoms with E-state index in [0.717, 1.165) is 17.8 Å². The first-order chi connectivity index (χ1) is 5.97. The highest BCUT2D eigenvalue weighted by atomic mass is 14.4. The Kier molecular flexibility index (Phi) is 3.43. The number of hydrogen-bond donors (Lipinski definition) is 0. The summed E-state index contributed by atoms with van der Waals surface area (Å²) in [7, 11) is 0. The molecule has 3 unspecified atom stereocenters. The van der Waals surface area contributed by atoms with E-state index in [1.54, 1.807) is 0 Å². The van der Waals surface area contributed by atoms with Gasteiger partial charge in [-0.1, -0.05) is 41.0 Å². The normalized spacial score (nSPS) is 31.8. The lowest BCUT2D eigenvalue weighted by atomic mass is 9.75. The second-order valence-electron chi connectivity index (χ2n) is 5.94. The van der Waals surface area contributed by atoms with Crippen LogP contribution in [-0.4, -0.2) is 0 Å². The molecular formula is C13H26. The van der Waals surface area contributed by atoms with Crippen LogP contribution in [0.15, 0.2) is 0 Å². The van der Waals surface area contributed by atoms with E-state index in [0.29, 0.717) is 5.41 Å². The molecule has 1 aliphatic rings. The van der Waals surface area contributed by atoms with Crippen LogP contribution in [0.4, 0.5) is 0 Å². The van der Waals surface area contributed by atoms with Crippen LogP contribution in [0.1, 0.15) is 60.3 Å². The second kappa shape index (κ2) is 4.02. The van der Waals surface area contributed by atoms with Gasteiger partial charge in [-0.2, -0.15) is 0 Å². The van der Waals surface area contributed by atoms with Crippen molar-refractivity contribution < 1.29 is 0 Å². The lowest BCUT2D eigenvalue weighted by Crippen LogP contribution is -2.19. The van der Waals surface area contributed by atoms with E-state index < -0.39 is 0 Å². The van der Waals surface area contributed by atoms with Gasteiger partial charge in [0.15, 0.2) is 0 Å². The molecule has 0 aromatic rings. The van der Waals surface area contributed by atoms with Crippen LogP contribution in [0.3, 0.4) is 0 Å². The topological polar surface area (TPSA) is 0 Å². The van der Waals surface area contributed by atoms with Crippen molar-refractivity contribution in [3.8, 4) is 0 Å². The Morgan fingerprint density at radius 3 is 2.23 bits per heavy atom. The summed E-state index contributed by atoms with van der Waals surface area (Å²) in [6, 6.07) is 0. The van der Waals surface area contributed by atoms with Crippen LogP contribution >= 0.6 is 0 Å². The van der Waals surface area contributed by atoms with Crippen molar-refractivity contribution in [2.24, 2.45) is 23.2 Å². The predicted octanol–water partition coefficient (Wildman–Crippen LogP) is 4.49. The van der Waals surface area contributed by atoms with Gasteiger partial charge in [0.05, 0.1) is 0 Å². The maximum Gasteiger partial charge on any atom is -0.0323 e. The Bertz CT molecular complexity index is 159. The minimum absolute atomic E-state index is 0.629. The molecule has 0 bridgehead atoms. The van der Waals surface area contributed by atoms with Gasteiger partial charge in [-0.05, 0) is 42.4 Å². The van der Waals surface area contributed by atoms with Gasteiger partial charge in [-0.25, -0.2) is 0 Å². The molecule has 78 valence electrons. The molecule has 0 heterocycles. The molecule has 1 rings (SSSR count). The molecule has 0 radical (unpaired) electrons.